The highest BCUT2D eigenvalue weighted by atomic mass is 32.1. The Morgan fingerprint density at radius 2 is 1.09 bits per heavy atom. The minimum absolute atomic E-state index is 0.683. The van der Waals surface area contributed by atoms with Crippen LogP contribution in [0.5, 0.6) is 0 Å². The fourth-order valence-corrected chi connectivity index (χ4v) is 9.86. The van der Waals surface area contributed by atoms with Crippen LogP contribution in [0.3, 0.4) is 0 Å². The lowest BCUT2D eigenvalue weighted by Crippen LogP contribution is -1.94. The van der Waals surface area contributed by atoms with Gasteiger partial charge in [0.2, 0.25) is 0 Å². The number of thiophene rings is 1. The summed E-state index contributed by atoms with van der Waals surface area (Å²) in [4.78, 5) is 10.8. The summed E-state index contributed by atoms with van der Waals surface area (Å²) >= 11 is 1.76. The first-order valence-corrected chi connectivity index (χ1v) is 20.4. The summed E-state index contributed by atoms with van der Waals surface area (Å²) in [6.07, 6.45) is 0. The maximum absolute atomic E-state index is 6.60. The van der Waals surface area contributed by atoms with Crippen molar-refractivity contribution in [3.8, 4) is 56.0 Å². The number of hydrogen-bond donors (Lipinski definition) is 0. The Hall–Kier alpha value is -7.40. The summed E-state index contributed by atoms with van der Waals surface area (Å²) in [7, 11) is 0. The topological polar surface area (TPSA) is 38.9 Å². The van der Waals surface area contributed by atoms with Crippen molar-refractivity contribution in [1.82, 2.24) is 9.97 Å². The third-order valence-corrected chi connectivity index (χ3v) is 12.7. The predicted octanol–water partition coefficient (Wildman–Crippen LogP) is 15.4. The van der Waals surface area contributed by atoms with Crippen LogP contribution in [0, 0.1) is 0 Å². The maximum atomic E-state index is 6.60. The molecule has 0 N–H and O–H groups in total. The molecule has 3 aromatic heterocycles. The van der Waals surface area contributed by atoms with Gasteiger partial charge in [-0.1, -0.05) is 164 Å². The average Bonchev–Trinajstić information content (AvgIpc) is 3.87. The molecule has 0 unspecified atom stereocenters. The number of furan rings is 1. The zero-order chi connectivity index (χ0) is 38.2. The Bertz CT molecular complexity index is 3560. The lowest BCUT2D eigenvalue weighted by atomic mass is 9.88. The Morgan fingerprint density at radius 3 is 1.97 bits per heavy atom. The number of fused-ring (bicyclic) bond motifs is 8. The molecule has 12 aromatic rings. The van der Waals surface area contributed by atoms with E-state index in [2.05, 4.69) is 194 Å². The monoisotopic (exact) mass is 756 g/mol. The molecule has 0 saturated carbocycles. The Balaban J connectivity index is 1.07. The first-order valence-electron chi connectivity index (χ1n) is 19.6. The van der Waals surface area contributed by atoms with Crippen molar-refractivity contribution in [2.24, 2.45) is 0 Å². The highest BCUT2D eigenvalue weighted by molar-refractivity contribution is 7.26. The number of nitrogens with zero attached hydrogens (tertiary/aromatic N) is 2. The van der Waals surface area contributed by atoms with Gasteiger partial charge >= 0.3 is 0 Å². The van der Waals surface area contributed by atoms with Gasteiger partial charge in [-0.2, -0.15) is 0 Å². The second-order valence-corrected chi connectivity index (χ2v) is 15.9. The van der Waals surface area contributed by atoms with E-state index in [0.717, 1.165) is 59.9 Å². The maximum Gasteiger partial charge on any atom is 0.161 e. The second-order valence-electron chi connectivity index (χ2n) is 14.9. The van der Waals surface area contributed by atoms with E-state index in [0.29, 0.717) is 5.82 Å². The molecule has 0 aliphatic carbocycles. The minimum atomic E-state index is 0.683. The fraction of sp³-hybridized carbons (Fsp3) is 0. The van der Waals surface area contributed by atoms with E-state index in [9.17, 15) is 0 Å². The molecule has 0 saturated heterocycles. The van der Waals surface area contributed by atoms with E-state index < -0.39 is 0 Å². The SMILES string of the molecule is c1ccc(-c2ccc(-c3c(-c4ccc5oc6cccc(-c7nc(-c8ccc9ccccc9c8)c8sc9ccccc9c8n7)c6c5c4)ccc4ccccc34)cc2)cc1. The van der Waals surface area contributed by atoms with Crippen LogP contribution in [0.4, 0.5) is 0 Å². The minimum Gasteiger partial charge on any atom is -0.456 e. The molecule has 0 amide bonds. The second kappa shape index (κ2) is 13.1. The van der Waals surface area contributed by atoms with Crippen LogP contribution >= 0.6 is 11.3 Å². The van der Waals surface area contributed by atoms with Crippen LogP contribution in [-0.2, 0) is 0 Å². The molecule has 0 fully saturated rings. The number of hydrogen-bond acceptors (Lipinski definition) is 4. The van der Waals surface area contributed by atoms with Crippen LogP contribution in [0.1, 0.15) is 0 Å². The van der Waals surface area contributed by atoms with Gasteiger partial charge in [0.1, 0.15) is 11.2 Å². The van der Waals surface area contributed by atoms with Crippen molar-refractivity contribution >= 4 is 75.1 Å². The van der Waals surface area contributed by atoms with Gasteiger partial charge in [-0.05, 0) is 85.3 Å². The Kier molecular flexibility index (Phi) is 7.40. The normalized spacial score (nSPS) is 11.8. The van der Waals surface area contributed by atoms with Gasteiger partial charge in [-0.3, -0.25) is 0 Å². The summed E-state index contributed by atoms with van der Waals surface area (Å²) in [5, 5.41) is 8.00. The molecular formula is C54H32N2OS. The molecule has 0 radical (unpaired) electrons. The van der Waals surface area contributed by atoms with Crippen LogP contribution in [0.25, 0.3) is 120 Å². The van der Waals surface area contributed by atoms with Crippen LogP contribution in [0.15, 0.2) is 199 Å². The summed E-state index contributed by atoms with van der Waals surface area (Å²) in [6.45, 7) is 0. The van der Waals surface area contributed by atoms with Gasteiger partial charge < -0.3 is 4.42 Å². The van der Waals surface area contributed by atoms with E-state index in [4.69, 9.17) is 14.4 Å². The van der Waals surface area contributed by atoms with Crippen molar-refractivity contribution in [3.05, 3.63) is 194 Å². The Morgan fingerprint density at radius 1 is 0.397 bits per heavy atom. The van der Waals surface area contributed by atoms with Crippen molar-refractivity contribution < 1.29 is 4.42 Å². The zero-order valence-electron chi connectivity index (χ0n) is 31.2. The summed E-state index contributed by atoms with van der Waals surface area (Å²) in [5.74, 6) is 0.683. The molecular weight excluding hydrogens is 725 g/mol. The van der Waals surface area contributed by atoms with Gasteiger partial charge in [0.15, 0.2) is 5.82 Å². The van der Waals surface area contributed by atoms with Crippen LogP contribution in [0.2, 0.25) is 0 Å². The molecule has 58 heavy (non-hydrogen) atoms. The lowest BCUT2D eigenvalue weighted by Gasteiger charge is -2.15. The Labute approximate surface area is 338 Å². The van der Waals surface area contributed by atoms with E-state index in [-0.39, 0.29) is 0 Å². The predicted molar refractivity (Wildman–Crippen MR) is 244 cm³/mol. The van der Waals surface area contributed by atoms with Gasteiger partial charge in [0.05, 0.1) is 15.9 Å². The lowest BCUT2D eigenvalue weighted by molar-refractivity contribution is 0.669. The van der Waals surface area contributed by atoms with E-state index >= 15 is 0 Å². The van der Waals surface area contributed by atoms with Crippen molar-refractivity contribution in [1.29, 1.82) is 0 Å². The van der Waals surface area contributed by atoms with E-state index in [1.54, 1.807) is 11.3 Å². The highest BCUT2D eigenvalue weighted by Crippen LogP contribution is 2.44. The van der Waals surface area contributed by atoms with Crippen molar-refractivity contribution in [2.75, 3.05) is 0 Å². The summed E-state index contributed by atoms with van der Waals surface area (Å²) in [5.41, 5.74) is 12.7. The average molecular weight is 757 g/mol. The van der Waals surface area contributed by atoms with E-state index in [1.165, 1.54) is 54.1 Å². The molecule has 0 aliphatic heterocycles. The molecule has 0 aliphatic rings. The molecule has 0 bridgehead atoms. The first-order chi connectivity index (χ1) is 28.7. The standard InChI is InChI=1S/C54H32N2OS/c1-2-11-33(12-3-1)35-21-24-37(25-22-35)49-41-16-7-6-14-36(41)27-29-42(49)39-28-30-46-45(32-39)50-44(18-10-19-47(50)57-46)54-55-51(40-26-23-34-13-4-5-15-38(34)31-40)53-52(56-54)43-17-8-9-20-48(43)58-53/h1-32H. The molecule has 9 aromatic carbocycles. The van der Waals surface area contributed by atoms with Crippen molar-refractivity contribution in [2.45, 2.75) is 0 Å². The van der Waals surface area contributed by atoms with Gasteiger partial charge in [0.25, 0.3) is 0 Å². The molecule has 0 atom stereocenters. The molecule has 12 rings (SSSR count). The first kappa shape index (κ1) is 32.8. The fourth-order valence-electron chi connectivity index (χ4n) is 8.71. The summed E-state index contributed by atoms with van der Waals surface area (Å²) < 4.78 is 8.89. The number of benzene rings is 9. The third-order valence-electron chi connectivity index (χ3n) is 11.5. The highest BCUT2D eigenvalue weighted by Gasteiger charge is 2.21. The number of aromatic nitrogens is 2. The third kappa shape index (κ3) is 5.27. The van der Waals surface area contributed by atoms with Gasteiger partial charge in [0, 0.05) is 32.0 Å². The largest absolute Gasteiger partial charge is 0.456 e. The van der Waals surface area contributed by atoms with Gasteiger partial charge in [-0.15, -0.1) is 11.3 Å². The van der Waals surface area contributed by atoms with Gasteiger partial charge in [-0.25, -0.2) is 9.97 Å². The summed E-state index contributed by atoms with van der Waals surface area (Å²) in [6, 6.07) is 69.2. The molecule has 4 heteroatoms. The smallest absolute Gasteiger partial charge is 0.161 e. The number of rotatable bonds is 5. The molecule has 0 spiro atoms. The zero-order valence-corrected chi connectivity index (χ0v) is 32.0. The van der Waals surface area contributed by atoms with Crippen LogP contribution < -0.4 is 0 Å². The van der Waals surface area contributed by atoms with E-state index in [1.807, 2.05) is 0 Å². The quantitative estimate of drug-likeness (QED) is 0.176. The van der Waals surface area contributed by atoms with Crippen LogP contribution in [-0.4, -0.2) is 9.97 Å². The van der Waals surface area contributed by atoms with Crippen molar-refractivity contribution in [3.63, 3.8) is 0 Å². The molecule has 3 heterocycles. The molecule has 270 valence electrons. The molecule has 3 nitrogen and oxygen atoms in total.